The zero-order valence-electron chi connectivity index (χ0n) is 11.6. The van der Waals surface area contributed by atoms with Gasteiger partial charge in [0.15, 0.2) is 0 Å². The van der Waals surface area contributed by atoms with Crippen LogP contribution < -0.4 is 4.74 Å². The number of hydrogen-bond acceptors (Lipinski definition) is 2. The van der Waals surface area contributed by atoms with Crippen LogP contribution in [0.25, 0.3) is 0 Å². The van der Waals surface area contributed by atoms with Gasteiger partial charge in [0.1, 0.15) is 12.4 Å². The summed E-state index contributed by atoms with van der Waals surface area (Å²) in [6.07, 6.45) is 4.13. The maximum Gasteiger partial charge on any atom is 0.139 e. The molecule has 0 fully saturated rings. The van der Waals surface area contributed by atoms with Crippen molar-refractivity contribution >= 4 is 23.2 Å². The summed E-state index contributed by atoms with van der Waals surface area (Å²) in [6, 6.07) is 7.58. The second-order valence-electron chi connectivity index (χ2n) is 4.62. The fraction of sp³-hybridized carbons (Fsp3) is 0.400. The number of hydrogen-bond donors (Lipinski definition) is 0. The van der Waals surface area contributed by atoms with E-state index in [0.29, 0.717) is 28.4 Å². The predicted octanol–water partition coefficient (Wildman–Crippen LogP) is 5.13. The molecule has 1 aromatic carbocycles. The lowest BCUT2D eigenvalue weighted by Gasteiger charge is -2.12. The molecule has 0 aliphatic carbocycles. The van der Waals surface area contributed by atoms with E-state index in [1.165, 1.54) is 0 Å². The Hall–Kier alpha value is -1.19. The van der Waals surface area contributed by atoms with Crippen LogP contribution in [0.2, 0.25) is 10.0 Å². The minimum absolute atomic E-state index is 0.382. The number of nitrogens with zero attached hydrogens (tertiary/aromatic N) is 2. The van der Waals surface area contributed by atoms with Gasteiger partial charge in [-0.25, -0.2) is 0 Å². The molecule has 0 atom stereocenters. The Morgan fingerprint density at radius 1 is 1.20 bits per heavy atom. The molecule has 0 saturated heterocycles. The van der Waals surface area contributed by atoms with Crippen molar-refractivity contribution in [3.8, 4) is 5.75 Å². The molecule has 3 nitrogen and oxygen atoms in total. The summed E-state index contributed by atoms with van der Waals surface area (Å²) in [7, 11) is 0. The third-order valence-electron chi connectivity index (χ3n) is 3.25. The second kappa shape index (κ2) is 7.00. The lowest BCUT2D eigenvalue weighted by Crippen LogP contribution is -2.08. The molecule has 0 amide bonds. The molecule has 0 radical (unpaired) electrons. The van der Waals surface area contributed by atoms with E-state index in [0.717, 1.165) is 18.5 Å². The van der Waals surface area contributed by atoms with Gasteiger partial charge in [-0.2, -0.15) is 5.10 Å². The van der Waals surface area contributed by atoms with Crippen molar-refractivity contribution in [2.45, 2.75) is 39.3 Å². The van der Waals surface area contributed by atoms with Crippen molar-refractivity contribution in [2.24, 2.45) is 0 Å². The molecular formula is C15H18Cl2N2O. The molecule has 20 heavy (non-hydrogen) atoms. The summed E-state index contributed by atoms with van der Waals surface area (Å²) in [5.74, 6) is 0.580. The van der Waals surface area contributed by atoms with E-state index in [-0.39, 0.29) is 0 Å². The largest absolute Gasteiger partial charge is 0.486 e. The van der Waals surface area contributed by atoms with Crippen LogP contribution in [0, 0.1) is 0 Å². The van der Waals surface area contributed by atoms with Gasteiger partial charge in [-0.15, -0.1) is 0 Å². The van der Waals surface area contributed by atoms with Crippen LogP contribution in [0.5, 0.6) is 5.75 Å². The molecule has 2 rings (SSSR count). The lowest BCUT2D eigenvalue weighted by molar-refractivity contribution is 0.297. The van der Waals surface area contributed by atoms with E-state index in [9.17, 15) is 0 Å². The fourth-order valence-electron chi connectivity index (χ4n) is 2.06. The van der Waals surface area contributed by atoms with E-state index >= 15 is 0 Å². The highest BCUT2D eigenvalue weighted by atomic mass is 35.5. The SMILES string of the molecule is CCC(CC)n1ccc(COc2cc(Cl)ccc2Cl)n1. The fourth-order valence-corrected chi connectivity index (χ4v) is 2.39. The molecule has 1 aromatic heterocycles. The zero-order chi connectivity index (χ0) is 14.5. The van der Waals surface area contributed by atoms with Gasteiger partial charge in [-0.3, -0.25) is 4.68 Å². The summed E-state index contributed by atoms with van der Waals surface area (Å²) in [4.78, 5) is 0. The maximum absolute atomic E-state index is 6.05. The monoisotopic (exact) mass is 312 g/mol. The topological polar surface area (TPSA) is 27.1 Å². The molecule has 0 spiro atoms. The normalized spacial score (nSPS) is 11.1. The molecule has 0 aliphatic rings. The molecule has 2 aromatic rings. The average Bonchev–Trinajstić information content (AvgIpc) is 2.90. The molecule has 0 aliphatic heterocycles. The Morgan fingerprint density at radius 2 is 1.95 bits per heavy atom. The highest BCUT2D eigenvalue weighted by Crippen LogP contribution is 2.28. The number of aromatic nitrogens is 2. The Morgan fingerprint density at radius 3 is 2.65 bits per heavy atom. The van der Waals surface area contributed by atoms with Crippen molar-refractivity contribution in [1.82, 2.24) is 9.78 Å². The van der Waals surface area contributed by atoms with Crippen molar-refractivity contribution in [3.05, 3.63) is 46.2 Å². The van der Waals surface area contributed by atoms with Crippen molar-refractivity contribution in [2.75, 3.05) is 0 Å². The van der Waals surface area contributed by atoms with Crippen molar-refractivity contribution < 1.29 is 4.74 Å². The van der Waals surface area contributed by atoms with Gasteiger partial charge in [0.25, 0.3) is 0 Å². The first-order valence-corrected chi connectivity index (χ1v) is 7.51. The molecule has 0 saturated carbocycles. The van der Waals surface area contributed by atoms with E-state index in [2.05, 4.69) is 18.9 Å². The molecule has 0 unspecified atom stereocenters. The maximum atomic E-state index is 6.05. The minimum atomic E-state index is 0.382. The first kappa shape index (κ1) is 15.2. The van der Waals surface area contributed by atoms with Crippen molar-refractivity contribution in [3.63, 3.8) is 0 Å². The van der Waals surface area contributed by atoms with E-state index in [4.69, 9.17) is 27.9 Å². The highest BCUT2D eigenvalue weighted by Gasteiger charge is 2.09. The molecule has 5 heteroatoms. The van der Waals surface area contributed by atoms with Gasteiger partial charge in [0.2, 0.25) is 0 Å². The smallest absolute Gasteiger partial charge is 0.139 e. The molecule has 108 valence electrons. The van der Waals surface area contributed by atoms with Gasteiger partial charge >= 0.3 is 0 Å². The molecule has 0 N–H and O–H groups in total. The van der Waals surface area contributed by atoms with Gasteiger partial charge in [0.05, 0.1) is 16.8 Å². The highest BCUT2D eigenvalue weighted by molar-refractivity contribution is 6.34. The van der Waals surface area contributed by atoms with Crippen LogP contribution in [-0.4, -0.2) is 9.78 Å². The number of rotatable bonds is 6. The van der Waals surface area contributed by atoms with Crippen LogP contribution in [-0.2, 0) is 6.61 Å². The van der Waals surface area contributed by atoms with Gasteiger partial charge in [-0.05, 0) is 31.0 Å². The number of halogens is 2. The molecular weight excluding hydrogens is 295 g/mol. The minimum Gasteiger partial charge on any atom is -0.486 e. The third-order valence-corrected chi connectivity index (χ3v) is 3.80. The summed E-state index contributed by atoms with van der Waals surface area (Å²) in [5.41, 5.74) is 0.882. The second-order valence-corrected chi connectivity index (χ2v) is 5.46. The third kappa shape index (κ3) is 3.68. The van der Waals surface area contributed by atoms with Crippen LogP contribution >= 0.6 is 23.2 Å². The van der Waals surface area contributed by atoms with Gasteiger partial charge < -0.3 is 4.74 Å². The van der Waals surface area contributed by atoms with Gasteiger partial charge in [0, 0.05) is 17.3 Å². The van der Waals surface area contributed by atoms with Crippen molar-refractivity contribution in [1.29, 1.82) is 0 Å². The van der Waals surface area contributed by atoms with Crippen LogP contribution in [0.4, 0.5) is 0 Å². The number of benzene rings is 1. The molecule has 1 heterocycles. The Labute approximate surface area is 129 Å². The van der Waals surface area contributed by atoms with Gasteiger partial charge in [-0.1, -0.05) is 37.0 Å². The van der Waals surface area contributed by atoms with E-state index < -0.39 is 0 Å². The standard InChI is InChI=1S/C15H18Cl2N2O/c1-3-13(4-2)19-8-7-12(18-19)10-20-15-9-11(16)5-6-14(15)17/h5-9,13H,3-4,10H2,1-2H3. The van der Waals surface area contributed by atoms with Crippen LogP contribution in [0.3, 0.4) is 0 Å². The number of ether oxygens (including phenoxy) is 1. The summed E-state index contributed by atoms with van der Waals surface area (Å²) >= 11 is 12.0. The van der Waals surface area contributed by atoms with E-state index in [1.54, 1.807) is 18.2 Å². The summed E-state index contributed by atoms with van der Waals surface area (Å²) in [6.45, 7) is 4.71. The quantitative estimate of drug-likeness (QED) is 0.739. The summed E-state index contributed by atoms with van der Waals surface area (Å²) in [5, 5.41) is 5.69. The predicted molar refractivity (Wildman–Crippen MR) is 82.6 cm³/mol. The molecule has 0 bridgehead atoms. The Balaban J connectivity index is 2.02. The van der Waals surface area contributed by atoms with E-state index in [1.807, 2.05) is 16.9 Å². The Kier molecular flexibility index (Phi) is 5.32. The lowest BCUT2D eigenvalue weighted by atomic mass is 10.2. The summed E-state index contributed by atoms with van der Waals surface area (Å²) < 4.78 is 7.67. The van der Waals surface area contributed by atoms with Crippen LogP contribution in [0.15, 0.2) is 30.5 Å². The van der Waals surface area contributed by atoms with Crippen LogP contribution in [0.1, 0.15) is 38.4 Å². The average molecular weight is 313 g/mol. The Bertz CT molecular complexity index is 565. The first-order valence-electron chi connectivity index (χ1n) is 6.76. The first-order chi connectivity index (χ1) is 9.63. The zero-order valence-corrected chi connectivity index (χ0v) is 13.2.